The van der Waals surface area contributed by atoms with Crippen LogP contribution in [0.5, 0.6) is 0 Å². The van der Waals surface area contributed by atoms with Crippen molar-refractivity contribution in [2.24, 2.45) is 0 Å². The topological polar surface area (TPSA) is 140 Å². The Bertz CT molecular complexity index is 1240. The van der Waals surface area contributed by atoms with Crippen LogP contribution in [0, 0.1) is 10.1 Å². The summed E-state index contributed by atoms with van der Waals surface area (Å²) in [7, 11) is 0. The monoisotopic (exact) mass is 397 g/mol. The molecule has 0 bridgehead atoms. The Kier molecular flexibility index (Phi) is 5.26. The highest BCUT2D eigenvalue weighted by molar-refractivity contribution is 6.12. The van der Waals surface area contributed by atoms with E-state index < -0.39 is 22.1 Å². The van der Waals surface area contributed by atoms with Crippen LogP contribution in [-0.2, 0) is 6.54 Å². The van der Waals surface area contributed by atoms with Crippen molar-refractivity contribution in [1.82, 2.24) is 14.5 Å². The molecule has 0 unspecified atom stereocenters. The van der Waals surface area contributed by atoms with E-state index in [-0.39, 0.29) is 40.4 Å². The van der Waals surface area contributed by atoms with E-state index in [2.05, 4.69) is 15.3 Å². The van der Waals surface area contributed by atoms with Crippen molar-refractivity contribution in [1.29, 1.82) is 0 Å². The third-order valence-corrected chi connectivity index (χ3v) is 4.44. The lowest BCUT2D eigenvalue weighted by atomic mass is 10.0. The highest BCUT2D eigenvalue weighted by Crippen LogP contribution is 2.22. The number of nitrogens with one attached hydrogen (secondary N) is 2. The number of anilines is 1. The van der Waals surface area contributed by atoms with Gasteiger partial charge in [-0.1, -0.05) is 19.9 Å². The van der Waals surface area contributed by atoms with Gasteiger partial charge in [-0.3, -0.25) is 29.3 Å². The van der Waals surface area contributed by atoms with Gasteiger partial charge in [0.15, 0.2) is 5.65 Å². The van der Waals surface area contributed by atoms with E-state index in [4.69, 9.17) is 0 Å². The number of carbonyl (C=O) groups is 1. The number of hydrogen-bond donors (Lipinski definition) is 2. The molecule has 0 fully saturated rings. The van der Waals surface area contributed by atoms with Crippen molar-refractivity contribution >= 4 is 28.3 Å². The molecule has 3 aromatic rings. The molecule has 2 N–H and O–H groups in total. The summed E-state index contributed by atoms with van der Waals surface area (Å²) in [6, 6.07) is 6.97. The highest BCUT2D eigenvalue weighted by Gasteiger charge is 2.20. The second-order valence-electron chi connectivity index (χ2n) is 6.71. The van der Waals surface area contributed by atoms with E-state index in [9.17, 15) is 24.5 Å². The highest BCUT2D eigenvalue weighted by atomic mass is 16.6. The van der Waals surface area contributed by atoms with Crippen molar-refractivity contribution in [3.63, 3.8) is 0 Å². The number of H-pyrrole nitrogens is 1. The van der Waals surface area contributed by atoms with Gasteiger partial charge in [0.1, 0.15) is 0 Å². The minimum Gasteiger partial charge on any atom is -0.322 e. The largest absolute Gasteiger partial charge is 0.329 e. The van der Waals surface area contributed by atoms with Gasteiger partial charge in [-0.25, -0.2) is 9.78 Å². The summed E-state index contributed by atoms with van der Waals surface area (Å²) < 4.78 is 1.28. The number of nitrogens with zero attached hydrogens (tertiary/aromatic N) is 3. The summed E-state index contributed by atoms with van der Waals surface area (Å²) in [5.41, 5.74) is -0.604. The maximum Gasteiger partial charge on any atom is 0.329 e. The van der Waals surface area contributed by atoms with Gasteiger partial charge in [0.2, 0.25) is 0 Å². The number of aromatic nitrogens is 3. The predicted octanol–water partition coefficient (Wildman–Crippen LogP) is 2.39. The van der Waals surface area contributed by atoms with Crippen molar-refractivity contribution in [2.75, 3.05) is 5.32 Å². The molecule has 1 aromatic carbocycles. The SMILES string of the molecule is CCn1c(=O)[nH]c(=O)c2c(C(=O)Nc3cccc([N+](=O)[O-])c3)cc(C(C)C)nc21. The summed E-state index contributed by atoms with van der Waals surface area (Å²) in [5.74, 6) is -0.699. The normalized spacial score (nSPS) is 11.0. The van der Waals surface area contributed by atoms with Crippen molar-refractivity contribution in [3.05, 3.63) is 72.5 Å². The standard InChI is InChI=1S/C19H19N5O5/c1-4-23-16-15(18(26)22-19(23)27)13(9-14(21-16)10(2)3)17(25)20-11-6-5-7-12(8-11)24(28)29/h5-10H,4H2,1-3H3,(H,20,25)(H,22,26,27). The zero-order valence-electron chi connectivity index (χ0n) is 16.1. The van der Waals surface area contributed by atoms with Crippen LogP contribution in [0.1, 0.15) is 42.7 Å². The molecule has 0 saturated carbocycles. The van der Waals surface area contributed by atoms with E-state index in [1.807, 2.05) is 13.8 Å². The maximum absolute atomic E-state index is 13.0. The number of fused-ring (bicyclic) bond motifs is 1. The van der Waals surface area contributed by atoms with Gasteiger partial charge < -0.3 is 5.32 Å². The van der Waals surface area contributed by atoms with Gasteiger partial charge in [-0.15, -0.1) is 0 Å². The Morgan fingerprint density at radius 1 is 1.31 bits per heavy atom. The molecule has 150 valence electrons. The minimum absolute atomic E-state index is 0.0150. The molecule has 0 aliphatic rings. The Labute approximate surface area is 164 Å². The molecule has 3 rings (SSSR count). The smallest absolute Gasteiger partial charge is 0.322 e. The van der Waals surface area contributed by atoms with E-state index in [0.717, 1.165) is 0 Å². The maximum atomic E-state index is 13.0. The third-order valence-electron chi connectivity index (χ3n) is 4.44. The molecule has 0 aliphatic carbocycles. The Balaban J connectivity index is 2.21. The van der Waals surface area contributed by atoms with Gasteiger partial charge in [0, 0.05) is 30.1 Å². The number of pyridine rings is 1. The number of rotatable bonds is 5. The third kappa shape index (κ3) is 3.77. The first-order valence-corrected chi connectivity index (χ1v) is 8.96. The molecule has 10 nitrogen and oxygen atoms in total. The van der Waals surface area contributed by atoms with Crippen LogP contribution in [0.2, 0.25) is 0 Å². The van der Waals surface area contributed by atoms with E-state index >= 15 is 0 Å². The molecule has 0 aliphatic heterocycles. The second-order valence-corrected chi connectivity index (χ2v) is 6.71. The summed E-state index contributed by atoms with van der Waals surface area (Å²) >= 11 is 0. The molecule has 1 amide bonds. The minimum atomic E-state index is -0.721. The molecule has 0 radical (unpaired) electrons. The fraction of sp³-hybridized carbons (Fsp3) is 0.263. The number of amides is 1. The lowest BCUT2D eigenvalue weighted by molar-refractivity contribution is -0.384. The summed E-state index contributed by atoms with van der Waals surface area (Å²) in [5, 5.41) is 13.5. The molecule has 10 heteroatoms. The van der Waals surface area contributed by atoms with Crippen LogP contribution in [0.4, 0.5) is 11.4 Å². The first-order valence-electron chi connectivity index (χ1n) is 8.96. The number of aryl methyl sites for hydroxylation is 1. The number of hydrogen-bond acceptors (Lipinski definition) is 6. The van der Waals surface area contributed by atoms with Crippen LogP contribution < -0.4 is 16.6 Å². The first-order chi connectivity index (χ1) is 13.7. The number of carbonyl (C=O) groups excluding carboxylic acids is 1. The molecular formula is C19H19N5O5. The Hall–Kier alpha value is -3.82. The first kappa shape index (κ1) is 19.9. The number of nitro groups is 1. The van der Waals surface area contributed by atoms with Crippen molar-refractivity contribution in [3.8, 4) is 0 Å². The van der Waals surface area contributed by atoms with Crippen LogP contribution >= 0.6 is 0 Å². The molecule has 2 heterocycles. The van der Waals surface area contributed by atoms with E-state index in [1.54, 1.807) is 6.92 Å². The molecule has 29 heavy (non-hydrogen) atoms. The number of non-ortho nitro benzene ring substituents is 1. The van der Waals surface area contributed by atoms with Crippen LogP contribution in [-0.4, -0.2) is 25.4 Å². The number of benzene rings is 1. The molecule has 0 atom stereocenters. The average Bonchev–Trinajstić information content (AvgIpc) is 2.67. The lowest BCUT2D eigenvalue weighted by Crippen LogP contribution is -2.32. The van der Waals surface area contributed by atoms with Crippen molar-refractivity contribution in [2.45, 2.75) is 33.2 Å². The summed E-state index contributed by atoms with van der Waals surface area (Å²) in [4.78, 5) is 54.6. The van der Waals surface area contributed by atoms with Gasteiger partial charge in [-0.05, 0) is 25.0 Å². The van der Waals surface area contributed by atoms with Gasteiger partial charge in [-0.2, -0.15) is 0 Å². The van der Waals surface area contributed by atoms with Gasteiger partial charge in [0.25, 0.3) is 17.2 Å². The lowest BCUT2D eigenvalue weighted by Gasteiger charge is -2.14. The quantitative estimate of drug-likeness (QED) is 0.500. The molecular weight excluding hydrogens is 378 g/mol. The summed E-state index contributed by atoms with van der Waals surface area (Å²) in [6.45, 7) is 5.73. The predicted molar refractivity (Wildman–Crippen MR) is 107 cm³/mol. The van der Waals surface area contributed by atoms with Gasteiger partial charge >= 0.3 is 5.69 Å². The van der Waals surface area contributed by atoms with E-state index in [0.29, 0.717) is 5.69 Å². The molecule has 2 aromatic heterocycles. The van der Waals surface area contributed by atoms with E-state index in [1.165, 1.54) is 34.9 Å². The van der Waals surface area contributed by atoms with Crippen molar-refractivity contribution < 1.29 is 9.72 Å². The molecule has 0 saturated heterocycles. The fourth-order valence-electron chi connectivity index (χ4n) is 2.96. The number of aromatic amines is 1. The van der Waals surface area contributed by atoms with Crippen LogP contribution in [0.15, 0.2) is 39.9 Å². The Morgan fingerprint density at radius 2 is 2.03 bits per heavy atom. The Morgan fingerprint density at radius 3 is 2.66 bits per heavy atom. The zero-order chi connectivity index (χ0) is 21.3. The average molecular weight is 397 g/mol. The fourth-order valence-corrected chi connectivity index (χ4v) is 2.96. The summed E-state index contributed by atoms with van der Waals surface area (Å²) in [6.07, 6.45) is 0. The van der Waals surface area contributed by atoms with Crippen LogP contribution in [0.3, 0.4) is 0 Å². The molecule has 0 spiro atoms. The number of nitro benzene ring substituents is 1. The van der Waals surface area contributed by atoms with Crippen LogP contribution in [0.25, 0.3) is 11.0 Å². The van der Waals surface area contributed by atoms with Gasteiger partial charge in [0.05, 0.1) is 15.9 Å². The zero-order valence-corrected chi connectivity index (χ0v) is 16.1. The second kappa shape index (κ2) is 7.66.